The van der Waals surface area contributed by atoms with Crippen LogP contribution < -0.4 is 0 Å². The number of hydrogen-bond donors (Lipinski definition) is 1. The molecule has 1 amide bonds. The number of carbonyl (C=O) groups is 2. The molecule has 2 aliphatic rings. The highest BCUT2D eigenvalue weighted by atomic mass is 16.4. The van der Waals surface area contributed by atoms with E-state index < -0.39 is 5.97 Å². The number of amides is 1. The molecule has 0 radical (unpaired) electrons. The van der Waals surface area contributed by atoms with E-state index in [0.717, 1.165) is 38.8 Å². The van der Waals surface area contributed by atoms with Crippen molar-refractivity contribution >= 4 is 11.9 Å². The third kappa shape index (κ3) is 3.74. The molecule has 0 aromatic carbocycles. The van der Waals surface area contributed by atoms with Gasteiger partial charge in [0.2, 0.25) is 5.91 Å². The number of carboxylic acid groups (broad SMARTS) is 1. The van der Waals surface area contributed by atoms with Gasteiger partial charge in [0.05, 0.1) is 5.92 Å². The zero-order valence-electron chi connectivity index (χ0n) is 12.5. The number of hydrogen-bond acceptors (Lipinski definition) is 2. The van der Waals surface area contributed by atoms with Gasteiger partial charge in [-0.2, -0.15) is 0 Å². The Labute approximate surface area is 121 Å². The van der Waals surface area contributed by atoms with Crippen LogP contribution in [0.2, 0.25) is 0 Å². The largest absolute Gasteiger partial charge is 0.481 e. The lowest BCUT2D eigenvalue weighted by Crippen LogP contribution is -2.44. The summed E-state index contributed by atoms with van der Waals surface area (Å²) in [6, 6.07) is 0. The summed E-state index contributed by atoms with van der Waals surface area (Å²) in [5.74, 6) is -0.225. The SMILES string of the molecule is CCCC1CCCN(C(=O)C2CCCC(C(=O)O)C2)C1. The van der Waals surface area contributed by atoms with E-state index in [4.69, 9.17) is 5.11 Å². The lowest BCUT2D eigenvalue weighted by molar-refractivity contribution is -0.146. The van der Waals surface area contributed by atoms with Crippen molar-refractivity contribution in [1.29, 1.82) is 0 Å². The topological polar surface area (TPSA) is 57.6 Å². The fourth-order valence-electron chi connectivity index (χ4n) is 3.81. The first-order chi connectivity index (χ1) is 9.61. The average Bonchev–Trinajstić information content (AvgIpc) is 2.47. The van der Waals surface area contributed by atoms with Gasteiger partial charge in [0, 0.05) is 19.0 Å². The fraction of sp³-hybridized carbons (Fsp3) is 0.875. The third-order valence-corrected chi connectivity index (χ3v) is 4.90. The average molecular weight is 281 g/mol. The predicted molar refractivity (Wildman–Crippen MR) is 77.3 cm³/mol. The molecule has 1 saturated heterocycles. The van der Waals surface area contributed by atoms with E-state index in [0.29, 0.717) is 12.3 Å². The Morgan fingerprint density at radius 2 is 1.90 bits per heavy atom. The lowest BCUT2D eigenvalue weighted by Gasteiger charge is -2.36. The standard InChI is InChI=1S/C16H27NO3/c1-2-5-12-6-4-9-17(11-12)15(18)13-7-3-8-14(10-13)16(19)20/h12-14H,2-11H2,1H3,(H,19,20). The van der Waals surface area contributed by atoms with Gasteiger partial charge in [-0.25, -0.2) is 0 Å². The molecular weight excluding hydrogens is 254 g/mol. The molecule has 0 spiro atoms. The second-order valence-electron chi connectivity index (χ2n) is 6.48. The Morgan fingerprint density at radius 3 is 2.60 bits per heavy atom. The number of rotatable bonds is 4. The minimum atomic E-state index is -0.731. The first-order valence-corrected chi connectivity index (χ1v) is 8.13. The summed E-state index contributed by atoms with van der Waals surface area (Å²) >= 11 is 0. The van der Waals surface area contributed by atoms with Gasteiger partial charge in [0.15, 0.2) is 0 Å². The molecule has 0 aromatic rings. The zero-order chi connectivity index (χ0) is 14.5. The molecule has 1 heterocycles. The zero-order valence-corrected chi connectivity index (χ0v) is 12.5. The Morgan fingerprint density at radius 1 is 1.15 bits per heavy atom. The maximum absolute atomic E-state index is 12.6. The van der Waals surface area contributed by atoms with Crippen molar-refractivity contribution in [3.63, 3.8) is 0 Å². The Hall–Kier alpha value is -1.06. The molecule has 1 aliphatic carbocycles. The Kier molecular flexibility index (Phi) is 5.44. The van der Waals surface area contributed by atoms with Crippen LogP contribution in [0.15, 0.2) is 0 Å². The summed E-state index contributed by atoms with van der Waals surface area (Å²) in [7, 11) is 0. The number of nitrogens with zero attached hydrogens (tertiary/aromatic N) is 1. The third-order valence-electron chi connectivity index (χ3n) is 4.90. The highest BCUT2D eigenvalue weighted by molar-refractivity contribution is 5.80. The highest BCUT2D eigenvalue weighted by Gasteiger charge is 2.34. The van der Waals surface area contributed by atoms with Gasteiger partial charge in [0.1, 0.15) is 0 Å². The van der Waals surface area contributed by atoms with Crippen LogP contribution in [0.4, 0.5) is 0 Å². The number of carboxylic acids is 1. The van der Waals surface area contributed by atoms with Crippen LogP contribution in [0.1, 0.15) is 58.3 Å². The van der Waals surface area contributed by atoms with Crippen LogP contribution >= 0.6 is 0 Å². The van der Waals surface area contributed by atoms with E-state index in [2.05, 4.69) is 6.92 Å². The van der Waals surface area contributed by atoms with E-state index >= 15 is 0 Å². The Bertz CT molecular complexity index is 354. The van der Waals surface area contributed by atoms with Crippen molar-refractivity contribution in [1.82, 2.24) is 4.90 Å². The summed E-state index contributed by atoms with van der Waals surface area (Å²) in [6.07, 6.45) is 7.74. The van der Waals surface area contributed by atoms with E-state index in [1.165, 1.54) is 19.3 Å². The smallest absolute Gasteiger partial charge is 0.306 e. The van der Waals surface area contributed by atoms with Gasteiger partial charge in [0.25, 0.3) is 0 Å². The molecule has 1 saturated carbocycles. The van der Waals surface area contributed by atoms with Crippen LogP contribution in [-0.4, -0.2) is 35.0 Å². The van der Waals surface area contributed by atoms with Gasteiger partial charge in [-0.1, -0.05) is 19.8 Å². The molecule has 2 fully saturated rings. The highest BCUT2D eigenvalue weighted by Crippen LogP contribution is 2.32. The molecule has 2 rings (SSSR count). The quantitative estimate of drug-likeness (QED) is 0.862. The summed E-state index contributed by atoms with van der Waals surface area (Å²) in [5, 5.41) is 9.14. The normalized spacial score (nSPS) is 31.1. The molecule has 1 aliphatic heterocycles. The van der Waals surface area contributed by atoms with Crippen molar-refractivity contribution in [2.24, 2.45) is 17.8 Å². The molecule has 0 bridgehead atoms. The molecule has 1 N–H and O–H groups in total. The van der Waals surface area contributed by atoms with Gasteiger partial charge >= 0.3 is 5.97 Å². The van der Waals surface area contributed by atoms with E-state index in [-0.39, 0.29) is 17.7 Å². The minimum Gasteiger partial charge on any atom is -0.481 e. The molecule has 4 heteroatoms. The fourth-order valence-corrected chi connectivity index (χ4v) is 3.81. The van der Waals surface area contributed by atoms with Gasteiger partial charge in [-0.05, 0) is 44.4 Å². The Balaban J connectivity index is 1.91. The van der Waals surface area contributed by atoms with Crippen LogP contribution in [0.3, 0.4) is 0 Å². The van der Waals surface area contributed by atoms with Crippen molar-refractivity contribution in [3.05, 3.63) is 0 Å². The summed E-state index contributed by atoms with van der Waals surface area (Å²) in [6.45, 7) is 3.95. The van der Waals surface area contributed by atoms with Crippen LogP contribution in [0.25, 0.3) is 0 Å². The first-order valence-electron chi connectivity index (χ1n) is 8.13. The molecule has 20 heavy (non-hydrogen) atoms. The molecule has 4 nitrogen and oxygen atoms in total. The summed E-state index contributed by atoms with van der Waals surface area (Å²) < 4.78 is 0. The van der Waals surface area contributed by atoms with Crippen LogP contribution in [0, 0.1) is 17.8 Å². The van der Waals surface area contributed by atoms with Crippen molar-refractivity contribution in [2.45, 2.75) is 58.3 Å². The maximum atomic E-state index is 12.6. The predicted octanol–water partition coefficient (Wildman–Crippen LogP) is 2.92. The maximum Gasteiger partial charge on any atom is 0.306 e. The second-order valence-corrected chi connectivity index (χ2v) is 6.48. The molecule has 3 unspecified atom stereocenters. The summed E-state index contributed by atoms with van der Waals surface area (Å²) in [5.41, 5.74) is 0. The molecule has 3 atom stereocenters. The van der Waals surface area contributed by atoms with Crippen LogP contribution in [0.5, 0.6) is 0 Å². The van der Waals surface area contributed by atoms with E-state index in [1.807, 2.05) is 4.90 Å². The van der Waals surface area contributed by atoms with E-state index in [9.17, 15) is 9.59 Å². The number of likely N-dealkylation sites (tertiary alicyclic amines) is 1. The van der Waals surface area contributed by atoms with E-state index in [1.54, 1.807) is 0 Å². The molecular formula is C16H27NO3. The minimum absolute atomic E-state index is 0.0507. The molecule has 0 aromatic heterocycles. The lowest BCUT2D eigenvalue weighted by atomic mass is 9.80. The van der Waals surface area contributed by atoms with Crippen LogP contribution in [-0.2, 0) is 9.59 Å². The number of aliphatic carboxylic acids is 1. The number of carbonyl (C=O) groups excluding carboxylic acids is 1. The van der Waals surface area contributed by atoms with Crippen molar-refractivity contribution in [2.75, 3.05) is 13.1 Å². The van der Waals surface area contributed by atoms with Gasteiger partial charge in [-0.15, -0.1) is 0 Å². The molecule has 114 valence electrons. The second kappa shape index (κ2) is 7.09. The monoisotopic (exact) mass is 281 g/mol. The van der Waals surface area contributed by atoms with Crippen molar-refractivity contribution in [3.8, 4) is 0 Å². The summed E-state index contributed by atoms with van der Waals surface area (Å²) in [4.78, 5) is 25.7. The van der Waals surface area contributed by atoms with Gasteiger partial charge in [-0.3, -0.25) is 9.59 Å². The first kappa shape index (κ1) is 15.3. The van der Waals surface area contributed by atoms with Gasteiger partial charge < -0.3 is 10.0 Å². The number of piperidine rings is 1. The van der Waals surface area contributed by atoms with Crippen molar-refractivity contribution < 1.29 is 14.7 Å².